The lowest BCUT2D eigenvalue weighted by atomic mass is 9.95. The van der Waals surface area contributed by atoms with Crippen LogP contribution in [0.5, 0.6) is 5.75 Å². The first-order chi connectivity index (χ1) is 17.8. The minimum atomic E-state index is -4.38. The molecule has 0 fully saturated rings. The van der Waals surface area contributed by atoms with E-state index in [-0.39, 0.29) is 24.9 Å². The van der Waals surface area contributed by atoms with Gasteiger partial charge >= 0.3 is 12.1 Å². The number of hydrogen-bond acceptors (Lipinski definition) is 4. The van der Waals surface area contributed by atoms with E-state index in [1.165, 1.54) is 12.1 Å². The minimum absolute atomic E-state index is 0.0766. The highest BCUT2D eigenvalue weighted by molar-refractivity contribution is 5.91. The lowest BCUT2D eigenvalue weighted by Crippen LogP contribution is -2.39. The van der Waals surface area contributed by atoms with Crippen molar-refractivity contribution in [2.45, 2.75) is 58.7 Å². The van der Waals surface area contributed by atoms with Crippen molar-refractivity contribution in [2.24, 2.45) is 0 Å². The average Bonchev–Trinajstić information content (AvgIpc) is 2.85. The van der Waals surface area contributed by atoms with Crippen LogP contribution < -0.4 is 10.1 Å². The molecule has 0 saturated heterocycles. The lowest BCUT2D eigenvalue weighted by molar-refractivity contribution is -0.158. The van der Waals surface area contributed by atoms with E-state index in [2.05, 4.69) is 5.32 Å². The van der Waals surface area contributed by atoms with Crippen molar-refractivity contribution in [3.63, 3.8) is 0 Å². The zero-order valence-electron chi connectivity index (χ0n) is 22.1. The van der Waals surface area contributed by atoms with Gasteiger partial charge in [0, 0.05) is 12.1 Å². The van der Waals surface area contributed by atoms with Crippen molar-refractivity contribution < 1.29 is 32.2 Å². The molecule has 0 radical (unpaired) electrons. The van der Waals surface area contributed by atoms with Gasteiger partial charge in [-0.1, -0.05) is 43.3 Å². The maximum Gasteiger partial charge on any atom is 0.416 e. The minimum Gasteiger partial charge on any atom is -0.476 e. The molecule has 38 heavy (non-hydrogen) atoms. The highest BCUT2D eigenvalue weighted by atomic mass is 19.4. The standard InChI is InChI=1S/C30H32F3NO4/c1-6-37-28(36)29(4,5)38-26-16-11-23(17-20(26)3)19(2)18-27(35)34-25-14-9-22(10-15-25)21-7-12-24(13-8-21)30(31,32)33/h7-17,19H,6,18H2,1-5H3,(H,34,35). The van der Waals surface area contributed by atoms with Gasteiger partial charge in [0.2, 0.25) is 5.91 Å². The molecule has 1 N–H and O–H groups in total. The third kappa shape index (κ3) is 7.37. The summed E-state index contributed by atoms with van der Waals surface area (Å²) >= 11 is 0. The Kier molecular flexibility index (Phi) is 8.86. The molecule has 0 saturated carbocycles. The third-order valence-electron chi connectivity index (χ3n) is 6.11. The maximum absolute atomic E-state index is 12.8. The number of alkyl halides is 3. The molecule has 1 unspecified atom stereocenters. The number of halogens is 3. The molecule has 3 rings (SSSR count). The van der Waals surface area contributed by atoms with Crippen LogP contribution in [0.2, 0.25) is 0 Å². The van der Waals surface area contributed by atoms with Crippen LogP contribution in [0.1, 0.15) is 56.7 Å². The zero-order valence-corrected chi connectivity index (χ0v) is 22.1. The van der Waals surface area contributed by atoms with Crippen molar-refractivity contribution in [1.82, 2.24) is 0 Å². The SMILES string of the molecule is CCOC(=O)C(C)(C)Oc1ccc(C(C)CC(=O)Nc2ccc(-c3ccc(C(F)(F)F)cc3)cc2)cc1C. The molecule has 1 amide bonds. The van der Waals surface area contributed by atoms with Gasteiger partial charge in [-0.2, -0.15) is 13.2 Å². The Morgan fingerprint density at radius 1 is 0.921 bits per heavy atom. The van der Waals surface area contributed by atoms with Gasteiger partial charge in [0.25, 0.3) is 0 Å². The summed E-state index contributed by atoms with van der Waals surface area (Å²) in [7, 11) is 0. The van der Waals surface area contributed by atoms with E-state index in [9.17, 15) is 22.8 Å². The van der Waals surface area contributed by atoms with Crippen LogP contribution in [0.15, 0.2) is 66.7 Å². The van der Waals surface area contributed by atoms with Crippen molar-refractivity contribution in [3.8, 4) is 16.9 Å². The van der Waals surface area contributed by atoms with Crippen LogP contribution >= 0.6 is 0 Å². The average molecular weight is 528 g/mol. The molecule has 202 valence electrons. The Morgan fingerprint density at radius 3 is 2.03 bits per heavy atom. The molecule has 1 atom stereocenters. The summed E-state index contributed by atoms with van der Waals surface area (Å²) in [5.74, 6) is -0.119. The van der Waals surface area contributed by atoms with Crippen LogP contribution in [0, 0.1) is 6.92 Å². The molecule has 5 nitrogen and oxygen atoms in total. The topological polar surface area (TPSA) is 64.6 Å². The Morgan fingerprint density at radius 2 is 1.50 bits per heavy atom. The van der Waals surface area contributed by atoms with Gasteiger partial charge in [0.1, 0.15) is 5.75 Å². The van der Waals surface area contributed by atoms with Gasteiger partial charge in [-0.15, -0.1) is 0 Å². The number of esters is 1. The Hall–Kier alpha value is -3.81. The summed E-state index contributed by atoms with van der Waals surface area (Å²) in [5, 5.41) is 2.87. The first-order valence-electron chi connectivity index (χ1n) is 12.3. The molecule has 0 heterocycles. The Bertz CT molecular complexity index is 1270. The number of carbonyl (C=O) groups excluding carboxylic acids is 2. The van der Waals surface area contributed by atoms with Crippen LogP contribution in [0.3, 0.4) is 0 Å². The normalized spacial score (nSPS) is 12.5. The molecule has 0 spiro atoms. The van der Waals surface area contributed by atoms with E-state index >= 15 is 0 Å². The zero-order chi connectivity index (χ0) is 28.1. The quantitative estimate of drug-likeness (QED) is 0.292. The summed E-state index contributed by atoms with van der Waals surface area (Å²) in [6.45, 7) is 9.15. The van der Waals surface area contributed by atoms with Crippen molar-refractivity contribution in [2.75, 3.05) is 11.9 Å². The fraction of sp³-hybridized carbons (Fsp3) is 0.333. The van der Waals surface area contributed by atoms with Crippen molar-refractivity contribution in [3.05, 3.63) is 83.4 Å². The second-order valence-electron chi connectivity index (χ2n) is 9.66. The molecule has 0 aliphatic heterocycles. The van der Waals surface area contributed by atoms with Gasteiger partial charge < -0.3 is 14.8 Å². The molecule has 0 bridgehead atoms. The maximum atomic E-state index is 12.8. The van der Waals surface area contributed by atoms with Gasteiger partial charge in [0.15, 0.2) is 5.60 Å². The molecule has 0 aliphatic rings. The van der Waals surface area contributed by atoms with Gasteiger partial charge in [-0.3, -0.25) is 4.79 Å². The predicted molar refractivity (Wildman–Crippen MR) is 141 cm³/mol. The molecule has 8 heteroatoms. The van der Waals surface area contributed by atoms with Gasteiger partial charge in [-0.05, 0) is 86.2 Å². The number of carbonyl (C=O) groups is 2. The second kappa shape index (κ2) is 11.7. The van der Waals surface area contributed by atoms with Crippen molar-refractivity contribution in [1.29, 1.82) is 0 Å². The summed E-state index contributed by atoms with van der Waals surface area (Å²) < 4.78 is 49.3. The number of benzene rings is 3. The Balaban J connectivity index is 1.59. The number of aryl methyl sites for hydroxylation is 1. The van der Waals surface area contributed by atoms with E-state index in [4.69, 9.17) is 9.47 Å². The predicted octanol–water partition coefficient (Wildman–Crippen LogP) is 7.53. The van der Waals surface area contributed by atoms with Gasteiger partial charge in [0.05, 0.1) is 12.2 Å². The number of anilines is 1. The van der Waals surface area contributed by atoms with Crippen molar-refractivity contribution >= 4 is 17.6 Å². The summed E-state index contributed by atoms with van der Waals surface area (Å²) in [5.41, 5.74) is 1.96. The molecule has 0 aromatic heterocycles. The second-order valence-corrected chi connectivity index (χ2v) is 9.66. The number of rotatable bonds is 9. The smallest absolute Gasteiger partial charge is 0.416 e. The van der Waals surface area contributed by atoms with Gasteiger partial charge in [-0.25, -0.2) is 4.79 Å². The summed E-state index contributed by atoms with van der Waals surface area (Å²) in [6, 6.07) is 17.5. The summed E-state index contributed by atoms with van der Waals surface area (Å²) in [6.07, 6.45) is -4.13. The lowest BCUT2D eigenvalue weighted by Gasteiger charge is -2.25. The number of ether oxygens (including phenoxy) is 2. The fourth-order valence-corrected chi connectivity index (χ4v) is 3.92. The van der Waals surface area contributed by atoms with Crippen LogP contribution in [-0.2, 0) is 20.5 Å². The third-order valence-corrected chi connectivity index (χ3v) is 6.11. The Labute approximate surface area is 221 Å². The highest BCUT2D eigenvalue weighted by Gasteiger charge is 2.32. The fourth-order valence-electron chi connectivity index (χ4n) is 3.92. The largest absolute Gasteiger partial charge is 0.476 e. The highest BCUT2D eigenvalue weighted by Crippen LogP contribution is 2.32. The number of nitrogens with one attached hydrogen (secondary N) is 1. The van der Waals surface area contributed by atoms with E-state index in [0.29, 0.717) is 17.0 Å². The van der Waals surface area contributed by atoms with E-state index in [1.807, 2.05) is 26.0 Å². The summed E-state index contributed by atoms with van der Waals surface area (Å²) in [4.78, 5) is 24.8. The van der Waals surface area contributed by atoms with Crippen LogP contribution in [0.4, 0.5) is 18.9 Å². The molecular formula is C30H32F3NO4. The van der Waals surface area contributed by atoms with E-state index in [1.54, 1.807) is 51.1 Å². The molecule has 3 aromatic carbocycles. The number of hydrogen-bond donors (Lipinski definition) is 1. The van der Waals surface area contributed by atoms with E-state index < -0.39 is 23.3 Å². The number of amides is 1. The first kappa shape index (κ1) is 28.8. The first-order valence-corrected chi connectivity index (χ1v) is 12.3. The molecule has 0 aliphatic carbocycles. The molecular weight excluding hydrogens is 495 g/mol. The monoisotopic (exact) mass is 527 g/mol. The van der Waals surface area contributed by atoms with Crippen LogP contribution in [-0.4, -0.2) is 24.1 Å². The molecule has 3 aromatic rings. The van der Waals surface area contributed by atoms with Crippen LogP contribution in [0.25, 0.3) is 11.1 Å². The van der Waals surface area contributed by atoms with E-state index in [0.717, 1.165) is 28.8 Å².